The molecule has 4 heteroatoms. The third kappa shape index (κ3) is 3.93. The lowest BCUT2D eigenvalue weighted by Gasteiger charge is -2.14. The fourth-order valence-corrected chi connectivity index (χ4v) is 2.75. The fraction of sp³-hybridized carbons (Fsp3) is 0.438. The maximum absolute atomic E-state index is 4.41. The summed E-state index contributed by atoms with van der Waals surface area (Å²) in [6, 6.07) is 11.1. The van der Waals surface area contributed by atoms with E-state index in [0.29, 0.717) is 6.04 Å². The van der Waals surface area contributed by atoms with Gasteiger partial charge in [0.05, 0.1) is 15.9 Å². The van der Waals surface area contributed by atoms with E-state index in [1.807, 2.05) is 18.7 Å². The minimum atomic E-state index is 0.484. The van der Waals surface area contributed by atoms with Crippen LogP contribution in [-0.2, 0) is 20.0 Å². The van der Waals surface area contributed by atoms with Crippen molar-refractivity contribution in [1.29, 1.82) is 0 Å². The zero-order valence-electron chi connectivity index (χ0n) is 12.4. The molecule has 1 heterocycles. The van der Waals surface area contributed by atoms with E-state index in [4.69, 9.17) is 0 Å². The van der Waals surface area contributed by atoms with Crippen molar-refractivity contribution in [2.75, 3.05) is 0 Å². The molecule has 2 aromatic rings. The first-order valence-corrected chi connectivity index (χ1v) is 7.82. The Morgan fingerprint density at radius 3 is 2.60 bits per heavy atom. The predicted molar refractivity (Wildman–Crippen MR) is 86.7 cm³/mol. The summed E-state index contributed by atoms with van der Waals surface area (Å²) in [7, 11) is 1.99. The van der Waals surface area contributed by atoms with Gasteiger partial charge in [0.15, 0.2) is 0 Å². The molecule has 1 atom stereocenters. The van der Waals surface area contributed by atoms with E-state index >= 15 is 0 Å². The van der Waals surface area contributed by atoms with Crippen LogP contribution in [0.2, 0.25) is 0 Å². The molecule has 0 bridgehead atoms. The molecule has 20 heavy (non-hydrogen) atoms. The zero-order chi connectivity index (χ0) is 14.5. The van der Waals surface area contributed by atoms with Crippen molar-refractivity contribution < 1.29 is 0 Å². The average Bonchev–Trinajstić information content (AvgIpc) is 2.69. The van der Waals surface area contributed by atoms with Crippen LogP contribution >= 0.6 is 15.9 Å². The molecule has 108 valence electrons. The van der Waals surface area contributed by atoms with E-state index in [9.17, 15) is 0 Å². The Labute approximate surface area is 129 Å². The van der Waals surface area contributed by atoms with Gasteiger partial charge in [-0.3, -0.25) is 4.68 Å². The van der Waals surface area contributed by atoms with Crippen LogP contribution in [0.3, 0.4) is 0 Å². The Morgan fingerprint density at radius 2 is 2.00 bits per heavy atom. The minimum absolute atomic E-state index is 0.484. The highest BCUT2D eigenvalue weighted by atomic mass is 79.9. The molecule has 0 aliphatic carbocycles. The second kappa shape index (κ2) is 7.04. The van der Waals surface area contributed by atoms with Crippen molar-refractivity contribution >= 4 is 15.9 Å². The first kappa shape index (κ1) is 15.3. The molecule has 1 aromatic heterocycles. The first-order chi connectivity index (χ1) is 9.58. The molecule has 0 saturated carbocycles. The lowest BCUT2D eigenvalue weighted by Crippen LogP contribution is -2.27. The highest BCUT2D eigenvalue weighted by Crippen LogP contribution is 2.20. The number of hydrogen-bond donors (Lipinski definition) is 1. The second-order valence-corrected chi connectivity index (χ2v) is 6.07. The Balaban J connectivity index is 1.82. The van der Waals surface area contributed by atoms with Crippen LogP contribution in [0.1, 0.15) is 30.3 Å². The summed E-state index contributed by atoms with van der Waals surface area (Å²) in [4.78, 5) is 0. The molecule has 0 saturated heterocycles. The van der Waals surface area contributed by atoms with Gasteiger partial charge in [-0.1, -0.05) is 30.3 Å². The van der Waals surface area contributed by atoms with E-state index in [1.54, 1.807) is 0 Å². The number of halogens is 1. The molecule has 0 aliphatic heterocycles. The third-order valence-corrected chi connectivity index (χ3v) is 4.62. The van der Waals surface area contributed by atoms with Crippen molar-refractivity contribution in [3.8, 4) is 0 Å². The lowest BCUT2D eigenvalue weighted by molar-refractivity contribution is 0.499. The molecule has 3 nitrogen and oxygen atoms in total. The maximum atomic E-state index is 4.41. The highest BCUT2D eigenvalue weighted by Gasteiger charge is 2.11. The SMILES string of the molecule is Cc1nn(C)c(CNC(C)CCc2ccccc2)c1Br. The smallest absolute Gasteiger partial charge is 0.0739 e. The van der Waals surface area contributed by atoms with Gasteiger partial charge in [-0.2, -0.15) is 5.10 Å². The van der Waals surface area contributed by atoms with E-state index in [2.05, 4.69) is 63.6 Å². The molecule has 1 unspecified atom stereocenters. The molecular weight excluding hydrogens is 314 g/mol. The standard InChI is InChI=1S/C16H22BrN3/c1-12(9-10-14-7-5-4-6-8-14)18-11-15-16(17)13(2)19-20(15)3/h4-8,12,18H,9-11H2,1-3H3. The molecule has 1 aromatic carbocycles. The predicted octanol–water partition coefficient (Wildman–Crippen LogP) is 3.60. The van der Waals surface area contributed by atoms with Crippen molar-refractivity contribution in [3.63, 3.8) is 0 Å². The topological polar surface area (TPSA) is 29.9 Å². The molecule has 0 spiro atoms. The zero-order valence-corrected chi connectivity index (χ0v) is 13.9. The van der Waals surface area contributed by atoms with Crippen LogP contribution in [0.4, 0.5) is 0 Å². The monoisotopic (exact) mass is 335 g/mol. The normalized spacial score (nSPS) is 12.6. The highest BCUT2D eigenvalue weighted by molar-refractivity contribution is 9.10. The number of aromatic nitrogens is 2. The summed E-state index contributed by atoms with van der Waals surface area (Å²) in [5, 5.41) is 7.99. The minimum Gasteiger partial charge on any atom is -0.309 e. The van der Waals surface area contributed by atoms with E-state index in [-0.39, 0.29) is 0 Å². The number of rotatable bonds is 6. The molecule has 0 fully saturated rings. The van der Waals surface area contributed by atoms with Crippen LogP contribution in [0.5, 0.6) is 0 Å². The summed E-state index contributed by atoms with van der Waals surface area (Å²) in [6.07, 6.45) is 2.25. The van der Waals surface area contributed by atoms with Crippen molar-refractivity contribution in [2.45, 2.75) is 39.3 Å². The van der Waals surface area contributed by atoms with Gasteiger partial charge in [-0.05, 0) is 48.2 Å². The maximum Gasteiger partial charge on any atom is 0.0739 e. The number of nitrogens with one attached hydrogen (secondary N) is 1. The van der Waals surface area contributed by atoms with Crippen molar-refractivity contribution in [2.24, 2.45) is 7.05 Å². The molecule has 0 aliphatic rings. The summed E-state index contributed by atoms with van der Waals surface area (Å²) in [5.74, 6) is 0. The van der Waals surface area contributed by atoms with Gasteiger partial charge >= 0.3 is 0 Å². The van der Waals surface area contributed by atoms with Crippen molar-refractivity contribution in [1.82, 2.24) is 15.1 Å². The largest absolute Gasteiger partial charge is 0.309 e. The van der Waals surface area contributed by atoms with Gasteiger partial charge < -0.3 is 5.32 Å². The van der Waals surface area contributed by atoms with Crippen LogP contribution in [0.25, 0.3) is 0 Å². The van der Waals surface area contributed by atoms with E-state index < -0.39 is 0 Å². The molecular formula is C16H22BrN3. The Hall–Kier alpha value is -1.13. The van der Waals surface area contributed by atoms with Crippen LogP contribution < -0.4 is 5.32 Å². The van der Waals surface area contributed by atoms with Gasteiger partial charge in [-0.25, -0.2) is 0 Å². The van der Waals surface area contributed by atoms with Gasteiger partial charge in [0.25, 0.3) is 0 Å². The fourth-order valence-electron chi connectivity index (χ4n) is 2.27. The van der Waals surface area contributed by atoms with Crippen molar-refractivity contribution in [3.05, 3.63) is 51.8 Å². The molecule has 0 amide bonds. The van der Waals surface area contributed by atoms with Crippen LogP contribution in [-0.4, -0.2) is 15.8 Å². The van der Waals surface area contributed by atoms with E-state index in [1.165, 1.54) is 11.3 Å². The van der Waals surface area contributed by atoms with Gasteiger partial charge in [-0.15, -0.1) is 0 Å². The number of aryl methyl sites for hydroxylation is 3. The number of benzene rings is 1. The Bertz CT molecular complexity index is 548. The summed E-state index contributed by atoms with van der Waals surface area (Å²) in [5.41, 5.74) is 3.65. The summed E-state index contributed by atoms with van der Waals surface area (Å²) >= 11 is 3.60. The van der Waals surface area contributed by atoms with Crippen LogP contribution in [0, 0.1) is 6.92 Å². The number of nitrogens with zero attached hydrogens (tertiary/aromatic N) is 2. The molecule has 0 radical (unpaired) electrons. The molecule has 1 N–H and O–H groups in total. The quantitative estimate of drug-likeness (QED) is 0.873. The van der Waals surface area contributed by atoms with Crippen LogP contribution in [0.15, 0.2) is 34.8 Å². The summed E-state index contributed by atoms with van der Waals surface area (Å²) in [6.45, 7) is 5.10. The Kier molecular flexibility index (Phi) is 5.38. The first-order valence-electron chi connectivity index (χ1n) is 7.03. The average molecular weight is 336 g/mol. The summed E-state index contributed by atoms with van der Waals surface area (Å²) < 4.78 is 3.05. The van der Waals surface area contributed by atoms with E-state index in [0.717, 1.165) is 29.6 Å². The van der Waals surface area contributed by atoms with Gasteiger partial charge in [0, 0.05) is 19.6 Å². The van der Waals surface area contributed by atoms with Gasteiger partial charge in [0.1, 0.15) is 0 Å². The lowest BCUT2D eigenvalue weighted by atomic mass is 10.1. The third-order valence-electron chi connectivity index (χ3n) is 3.59. The Morgan fingerprint density at radius 1 is 1.30 bits per heavy atom. The number of hydrogen-bond acceptors (Lipinski definition) is 2. The second-order valence-electron chi connectivity index (χ2n) is 5.28. The van der Waals surface area contributed by atoms with Gasteiger partial charge in [0.2, 0.25) is 0 Å². The molecule has 2 rings (SSSR count).